The van der Waals surface area contributed by atoms with Crippen LogP contribution in [0.25, 0.3) is 121 Å². The molecule has 1 heteroatoms. The maximum atomic E-state index is 5.46. The topological polar surface area (TPSA) is 12.9 Å². The molecule has 0 atom stereocenters. The van der Waals surface area contributed by atoms with Gasteiger partial charge in [-0.05, 0) is 101 Å². The summed E-state index contributed by atoms with van der Waals surface area (Å²) in [4.78, 5) is 5.46. The number of fused-ring (bicyclic) bond motifs is 6. The molecule has 0 bridgehead atoms. The van der Waals surface area contributed by atoms with Gasteiger partial charge >= 0.3 is 0 Å². The zero-order chi connectivity index (χ0) is 42.4. The van der Waals surface area contributed by atoms with Crippen molar-refractivity contribution in [2.75, 3.05) is 0 Å². The van der Waals surface area contributed by atoms with Crippen molar-refractivity contribution in [2.24, 2.45) is 0 Å². The van der Waals surface area contributed by atoms with Gasteiger partial charge in [-0.25, -0.2) is 4.98 Å². The van der Waals surface area contributed by atoms with Crippen molar-refractivity contribution in [1.82, 2.24) is 4.98 Å². The molecule has 12 rings (SSSR count). The third-order valence-corrected chi connectivity index (χ3v) is 12.8. The van der Waals surface area contributed by atoms with Crippen molar-refractivity contribution in [3.8, 4) is 77.9 Å². The van der Waals surface area contributed by atoms with E-state index in [2.05, 4.69) is 249 Å². The van der Waals surface area contributed by atoms with Gasteiger partial charge in [0.15, 0.2) is 0 Å². The Kier molecular flexibility index (Phi) is 9.24. The van der Waals surface area contributed by atoms with Gasteiger partial charge in [-0.15, -0.1) is 0 Å². The quantitative estimate of drug-likeness (QED) is 0.115. The van der Waals surface area contributed by atoms with Crippen molar-refractivity contribution in [3.63, 3.8) is 0 Å². The van der Waals surface area contributed by atoms with E-state index in [9.17, 15) is 0 Å². The largest absolute Gasteiger partial charge is 0.246 e. The number of hydrogen-bond donors (Lipinski definition) is 0. The highest BCUT2D eigenvalue weighted by atomic mass is 14.7. The fourth-order valence-electron chi connectivity index (χ4n) is 9.90. The van der Waals surface area contributed by atoms with E-state index in [0.717, 1.165) is 49.3 Å². The molecule has 0 unspecified atom stereocenters. The summed E-state index contributed by atoms with van der Waals surface area (Å²) >= 11 is 0. The highest BCUT2D eigenvalue weighted by Gasteiger charge is 2.24. The maximum absolute atomic E-state index is 5.46. The molecule has 1 nitrogen and oxygen atoms in total. The van der Waals surface area contributed by atoms with Gasteiger partial charge in [-0.2, -0.15) is 0 Å². The predicted octanol–water partition coefficient (Wildman–Crippen LogP) is 17.4. The summed E-state index contributed by atoms with van der Waals surface area (Å²) in [5.41, 5.74) is 18.7. The molecule has 0 fully saturated rings. The van der Waals surface area contributed by atoms with Gasteiger partial charge < -0.3 is 0 Å². The van der Waals surface area contributed by atoms with Gasteiger partial charge in [0.2, 0.25) is 0 Å². The Balaban J connectivity index is 1.11. The minimum Gasteiger partial charge on any atom is -0.246 e. The summed E-state index contributed by atoms with van der Waals surface area (Å²) in [7, 11) is 0. The van der Waals surface area contributed by atoms with E-state index in [0.29, 0.717) is 0 Å². The average Bonchev–Trinajstić information content (AvgIpc) is 3.38. The van der Waals surface area contributed by atoms with Gasteiger partial charge in [0, 0.05) is 27.1 Å². The van der Waals surface area contributed by atoms with Gasteiger partial charge in [0.25, 0.3) is 0 Å². The monoisotopic (exact) mass is 811 g/mol. The molecule has 0 radical (unpaired) electrons. The molecule has 0 N–H and O–H groups in total. The van der Waals surface area contributed by atoms with Crippen molar-refractivity contribution in [3.05, 3.63) is 249 Å². The first kappa shape index (κ1) is 37.4. The van der Waals surface area contributed by atoms with E-state index in [1.807, 2.05) is 0 Å². The number of hydrogen-bond acceptors (Lipinski definition) is 1. The number of aromatic nitrogens is 1. The molecular formula is C63H41N. The molecule has 64 heavy (non-hydrogen) atoms. The first-order valence-electron chi connectivity index (χ1n) is 22.0. The standard InChI is InChI=1S/C63H41N/c1-5-19-42(20-6-1)56-41-57(60(46-25-9-3-10-26-46)61(47-27-11-4-12-28-47)59(56)45-23-7-2-8-24-45)50-31-17-29-48(39-50)49-30-18-32-51(40-49)58-54-37-35-43-21-13-15-33-52(43)62(54)64-63-53-34-16-14-22-44(53)36-38-55(58)63/h1-41H. The molecule has 12 aromatic rings. The summed E-state index contributed by atoms with van der Waals surface area (Å²) < 4.78 is 0. The van der Waals surface area contributed by atoms with E-state index in [4.69, 9.17) is 4.98 Å². The Morgan fingerprint density at radius 1 is 0.203 bits per heavy atom. The smallest absolute Gasteiger partial charge is 0.0794 e. The first-order valence-corrected chi connectivity index (χ1v) is 22.0. The zero-order valence-electron chi connectivity index (χ0n) is 35.1. The van der Waals surface area contributed by atoms with Crippen LogP contribution in [0.1, 0.15) is 0 Å². The molecule has 0 amide bonds. The fourth-order valence-corrected chi connectivity index (χ4v) is 9.90. The van der Waals surface area contributed by atoms with E-state index in [1.54, 1.807) is 0 Å². The number of benzene rings is 11. The molecule has 0 aliphatic rings. The van der Waals surface area contributed by atoms with Crippen LogP contribution in [-0.2, 0) is 0 Å². The first-order chi connectivity index (χ1) is 31.8. The van der Waals surface area contributed by atoms with E-state index < -0.39 is 0 Å². The average molecular weight is 812 g/mol. The fraction of sp³-hybridized carbons (Fsp3) is 0. The minimum atomic E-state index is 1.03. The molecule has 11 aromatic carbocycles. The summed E-state index contributed by atoms with van der Waals surface area (Å²) in [5.74, 6) is 0. The highest BCUT2D eigenvalue weighted by Crippen LogP contribution is 2.51. The Hall–Kier alpha value is -8.39. The summed E-state index contributed by atoms with van der Waals surface area (Å²) in [6.07, 6.45) is 0. The molecule has 298 valence electrons. The molecule has 0 saturated carbocycles. The van der Waals surface area contributed by atoms with E-state index in [1.165, 1.54) is 72.0 Å². The number of pyridine rings is 1. The lowest BCUT2D eigenvalue weighted by molar-refractivity contribution is 1.52. The Bertz CT molecular complexity index is 3590. The number of rotatable bonds is 7. The molecular weight excluding hydrogens is 771 g/mol. The summed E-state index contributed by atoms with van der Waals surface area (Å²) in [5, 5.41) is 7.02. The molecule has 1 aromatic heterocycles. The summed E-state index contributed by atoms with van der Waals surface area (Å²) in [6.45, 7) is 0. The van der Waals surface area contributed by atoms with Gasteiger partial charge in [-0.3, -0.25) is 0 Å². The number of nitrogens with zero attached hydrogens (tertiary/aromatic N) is 1. The van der Waals surface area contributed by atoms with Crippen LogP contribution in [0.2, 0.25) is 0 Å². The van der Waals surface area contributed by atoms with Gasteiger partial charge in [0.05, 0.1) is 11.0 Å². The van der Waals surface area contributed by atoms with Crippen LogP contribution in [-0.4, -0.2) is 4.98 Å². The second kappa shape index (κ2) is 15.8. The van der Waals surface area contributed by atoms with Crippen LogP contribution in [0.5, 0.6) is 0 Å². The van der Waals surface area contributed by atoms with Crippen LogP contribution < -0.4 is 0 Å². The highest BCUT2D eigenvalue weighted by molar-refractivity contribution is 6.21. The van der Waals surface area contributed by atoms with Crippen LogP contribution in [0.15, 0.2) is 249 Å². The second-order valence-corrected chi connectivity index (χ2v) is 16.6. The van der Waals surface area contributed by atoms with Crippen LogP contribution in [0.4, 0.5) is 0 Å². The van der Waals surface area contributed by atoms with Gasteiger partial charge in [0.1, 0.15) is 0 Å². The minimum absolute atomic E-state index is 1.03. The van der Waals surface area contributed by atoms with Crippen molar-refractivity contribution < 1.29 is 0 Å². The molecule has 0 aliphatic heterocycles. The third-order valence-electron chi connectivity index (χ3n) is 12.8. The zero-order valence-corrected chi connectivity index (χ0v) is 35.1. The Morgan fingerprint density at radius 3 is 1.09 bits per heavy atom. The Labute approximate surface area is 373 Å². The Morgan fingerprint density at radius 2 is 0.578 bits per heavy atom. The van der Waals surface area contributed by atoms with Crippen molar-refractivity contribution in [2.45, 2.75) is 0 Å². The SMILES string of the molecule is c1ccc(-c2cc(-c3cccc(-c4cccc(-c5c6ccc7ccccc7c6nc6c5ccc5ccccc56)c4)c3)c(-c3ccccc3)c(-c3ccccc3)c2-c2ccccc2)cc1. The third kappa shape index (κ3) is 6.46. The van der Waals surface area contributed by atoms with Crippen LogP contribution in [0.3, 0.4) is 0 Å². The van der Waals surface area contributed by atoms with E-state index in [-0.39, 0.29) is 0 Å². The maximum Gasteiger partial charge on any atom is 0.0794 e. The van der Waals surface area contributed by atoms with E-state index >= 15 is 0 Å². The summed E-state index contributed by atoms with van der Waals surface area (Å²) in [6, 6.07) is 90.5. The normalized spacial score (nSPS) is 11.4. The molecule has 0 aliphatic carbocycles. The van der Waals surface area contributed by atoms with Crippen LogP contribution in [0, 0.1) is 0 Å². The van der Waals surface area contributed by atoms with Crippen molar-refractivity contribution in [1.29, 1.82) is 0 Å². The van der Waals surface area contributed by atoms with Gasteiger partial charge in [-0.1, -0.05) is 231 Å². The van der Waals surface area contributed by atoms with Crippen molar-refractivity contribution >= 4 is 43.4 Å². The predicted molar refractivity (Wildman–Crippen MR) is 272 cm³/mol. The van der Waals surface area contributed by atoms with Crippen LogP contribution >= 0.6 is 0 Å². The lowest BCUT2D eigenvalue weighted by atomic mass is 9.78. The lowest BCUT2D eigenvalue weighted by Gasteiger charge is -2.24. The lowest BCUT2D eigenvalue weighted by Crippen LogP contribution is -1.98. The molecule has 1 heterocycles. The molecule has 0 spiro atoms. The second-order valence-electron chi connectivity index (χ2n) is 16.6. The molecule has 0 saturated heterocycles.